The number of methoxy groups -OCH3 is 1. The minimum absolute atomic E-state index is 0.197. The van der Waals surface area contributed by atoms with E-state index in [2.05, 4.69) is 77.8 Å². The molecule has 0 fully saturated rings. The van der Waals surface area contributed by atoms with Gasteiger partial charge >= 0.3 is 5.97 Å². The van der Waals surface area contributed by atoms with E-state index in [1.807, 2.05) is 24.3 Å². The van der Waals surface area contributed by atoms with Crippen LogP contribution < -0.4 is 0 Å². The van der Waals surface area contributed by atoms with Crippen molar-refractivity contribution in [3.05, 3.63) is 70.3 Å². The highest BCUT2D eigenvalue weighted by Gasteiger charge is 2.37. The van der Waals surface area contributed by atoms with Crippen LogP contribution in [0.1, 0.15) is 68.4 Å². The first kappa shape index (κ1) is 24.9. The van der Waals surface area contributed by atoms with Crippen LogP contribution in [0.15, 0.2) is 42.5 Å². The van der Waals surface area contributed by atoms with Gasteiger partial charge in [-0.2, -0.15) is 0 Å². The number of ether oxygens (including phenoxy) is 1. The van der Waals surface area contributed by atoms with Gasteiger partial charge in [0.1, 0.15) is 0 Å². The molecule has 4 heteroatoms. The monoisotopic (exact) mass is 436 g/mol. The second-order valence-corrected chi connectivity index (χ2v) is 14.6. The van der Waals surface area contributed by atoms with E-state index in [-0.39, 0.29) is 17.4 Å². The van der Waals surface area contributed by atoms with Crippen LogP contribution in [0.2, 0.25) is 18.1 Å². The first-order chi connectivity index (χ1) is 14.4. The Hall–Kier alpha value is -2.35. The van der Waals surface area contributed by atoms with E-state index in [9.17, 15) is 4.79 Å². The van der Waals surface area contributed by atoms with Gasteiger partial charge in [-0.1, -0.05) is 64.7 Å². The van der Waals surface area contributed by atoms with Crippen LogP contribution in [-0.2, 0) is 27.0 Å². The summed E-state index contributed by atoms with van der Waals surface area (Å²) in [7, 11) is -0.392. The highest BCUT2D eigenvalue weighted by molar-refractivity contribution is 6.74. The summed E-state index contributed by atoms with van der Waals surface area (Å²) in [6.07, 6.45) is 0.278. The maximum absolute atomic E-state index is 11.4. The predicted octanol–water partition coefficient (Wildman–Crippen LogP) is 6.45. The molecule has 0 saturated carbocycles. The van der Waals surface area contributed by atoms with Gasteiger partial charge in [-0.3, -0.25) is 4.79 Å². The van der Waals surface area contributed by atoms with Gasteiger partial charge in [0.25, 0.3) is 0 Å². The Kier molecular flexibility index (Phi) is 8.28. The van der Waals surface area contributed by atoms with Crippen LogP contribution >= 0.6 is 0 Å². The van der Waals surface area contributed by atoms with Crippen molar-refractivity contribution in [2.75, 3.05) is 7.11 Å². The van der Waals surface area contributed by atoms with Crippen molar-refractivity contribution in [2.24, 2.45) is 0 Å². The second kappa shape index (κ2) is 10.3. The van der Waals surface area contributed by atoms with Crippen molar-refractivity contribution >= 4 is 14.3 Å². The van der Waals surface area contributed by atoms with Crippen molar-refractivity contribution in [1.82, 2.24) is 0 Å². The Morgan fingerprint density at radius 1 is 1.00 bits per heavy atom. The Morgan fingerprint density at radius 3 is 2.13 bits per heavy atom. The Bertz CT molecular complexity index is 955. The van der Waals surface area contributed by atoms with E-state index in [1.54, 1.807) is 0 Å². The third kappa shape index (κ3) is 7.09. The van der Waals surface area contributed by atoms with Crippen molar-refractivity contribution in [3.8, 4) is 11.8 Å². The van der Waals surface area contributed by atoms with Gasteiger partial charge in [-0.15, -0.1) is 0 Å². The molecule has 0 spiro atoms. The van der Waals surface area contributed by atoms with E-state index in [0.717, 1.165) is 16.7 Å². The standard InChI is InChI=1S/C27H36O3Si/c1-20(2)25-17-22(15-16-24(25)19-30-31(7,8)27(3,4)5)12-9-21-10-13-23(14-11-21)18-26(28)29-6/h10-11,13-17,20H,18-19H2,1-8H3. The smallest absolute Gasteiger partial charge is 0.309 e. The van der Waals surface area contributed by atoms with E-state index < -0.39 is 8.32 Å². The topological polar surface area (TPSA) is 35.5 Å². The lowest BCUT2D eigenvalue weighted by atomic mass is 9.95. The molecular weight excluding hydrogens is 400 g/mol. The van der Waals surface area contributed by atoms with Gasteiger partial charge in [0.2, 0.25) is 0 Å². The molecule has 0 bridgehead atoms. The highest BCUT2D eigenvalue weighted by Crippen LogP contribution is 2.37. The number of benzene rings is 2. The zero-order valence-corrected chi connectivity index (χ0v) is 21.3. The van der Waals surface area contributed by atoms with Gasteiger partial charge in [-0.25, -0.2) is 0 Å². The highest BCUT2D eigenvalue weighted by atomic mass is 28.4. The average molecular weight is 437 g/mol. The van der Waals surface area contributed by atoms with Crippen molar-refractivity contribution in [3.63, 3.8) is 0 Å². The molecule has 31 heavy (non-hydrogen) atoms. The quantitative estimate of drug-likeness (QED) is 0.297. The summed E-state index contributed by atoms with van der Waals surface area (Å²) in [5.41, 5.74) is 5.38. The molecule has 0 heterocycles. The summed E-state index contributed by atoms with van der Waals surface area (Å²) in [6.45, 7) is 16.5. The van der Waals surface area contributed by atoms with Crippen LogP contribution in [0.4, 0.5) is 0 Å². The molecule has 2 aromatic carbocycles. The molecule has 0 aliphatic heterocycles. The summed E-state index contributed by atoms with van der Waals surface area (Å²) in [5.74, 6) is 6.67. The molecule has 3 nitrogen and oxygen atoms in total. The first-order valence-electron chi connectivity index (χ1n) is 10.9. The summed E-state index contributed by atoms with van der Waals surface area (Å²) in [6, 6.07) is 14.1. The summed E-state index contributed by atoms with van der Waals surface area (Å²) >= 11 is 0. The lowest BCUT2D eigenvalue weighted by molar-refractivity contribution is -0.139. The summed E-state index contributed by atoms with van der Waals surface area (Å²) in [5, 5.41) is 0.197. The number of hydrogen-bond donors (Lipinski definition) is 0. The zero-order chi connectivity index (χ0) is 23.2. The van der Waals surface area contributed by atoms with Gasteiger partial charge in [0, 0.05) is 11.1 Å². The number of carbonyl (C=O) groups excluding carboxylic acids is 1. The van der Waals surface area contributed by atoms with E-state index >= 15 is 0 Å². The summed E-state index contributed by atoms with van der Waals surface area (Å²) in [4.78, 5) is 11.4. The van der Waals surface area contributed by atoms with Crippen molar-refractivity contribution in [2.45, 2.75) is 71.7 Å². The molecule has 2 rings (SSSR count). The molecule has 0 N–H and O–H groups in total. The SMILES string of the molecule is COC(=O)Cc1ccc(C#Cc2ccc(CO[Si](C)(C)C(C)(C)C)c(C(C)C)c2)cc1. The zero-order valence-electron chi connectivity index (χ0n) is 20.3. The molecule has 0 aliphatic rings. The van der Waals surface area contributed by atoms with Crippen LogP contribution in [-0.4, -0.2) is 21.4 Å². The lowest BCUT2D eigenvalue weighted by Crippen LogP contribution is -2.40. The van der Waals surface area contributed by atoms with Gasteiger partial charge < -0.3 is 9.16 Å². The molecule has 0 aliphatic carbocycles. The van der Waals surface area contributed by atoms with Crippen LogP contribution in [0.3, 0.4) is 0 Å². The number of hydrogen-bond acceptors (Lipinski definition) is 3. The maximum atomic E-state index is 11.4. The van der Waals surface area contributed by atoms with E-state index in [4.69, 9.17) is 9.16 Å². The van der Waals surface area contributed by atoms with Crippen LogP contribution in [0.5, 0.6) is 0 Å². The third-order valence-corrected chi connectivity index (χ3v) is 10.5. The van der Waals surface area contributed by atoms with E-state index in [1.165, 1.54) is 18.2 Å². The first-order valence-corrected chi connectivity index (χ1v) is 13.8. The molecule has 166 valence electrons. The van der Waals surface area contributed by atoms with Gasteiger partial charge in [-0.05, 0) is 65.0 Å². The van der Waals surface area contributed by atoms with E-state index in [0.29, 0.717) is 12.5 Å². The van der Waals surface area contributed by atoms with Crippen molar-refractivity contribution in [1.29, 1.82) is 0 Å². The minimum Gasteiger partial charge on any atom is -0.469 e. The fraction of sp³-hybridized carbons (Fsp3) is 0.444. The van der Waals surface area contributed by atoms with Crippen molar-refractivity contribution < 1.29 is 14.0 Å². The van der Waals surface area contributed by atoms with Gasteiger partial charge in [0.05, 0.1) is 20.1 Å². The minimum atomic E-state index is -1.79. The number of carbonyl (C=O) groups is 1. The molecule has 0 unspecified atom stereocenters. The molecule has 0 saturated heterocycles. The molecule has 0 radical (unpaired) electrons. The largest absolute Gasteiger partial charge is 0.469 e. The second-order valence-electron chi connectivity index (χ2n) is 9.82. The average Bonchev–Trinajstić information content (AvgIpc) is 2.71. The third-order valence-electron chi connectivity index (χ3n) is 6.04. The maximum Gasteiger partial charge on any atom is 0.309 e. The molecule has 0 aromatic heterocycles. The van der Waals surface area contributed by atoms with Crippen LogP contribution in [0.25, 0.3) is 0 Å². The molecule has 2 aromatic rings. The Balaban J connectivity index is 2.17. The molecule has 0 amide bonds. The lowest BCUT2D eigenvalue weighted by Gasteiger charge is -2.36. The number of esters is 1. The normalized spacial score (nSPS) is 11.8. The molecular formula is C27H36O3Si. The fourth-order valence-corrected chi connectivity index (χ4v) is 3.85. The van der Waals surface area contributed by atoms with Gasteiger partial charge in [0.15, 0.2) is 8.32 Å². The Morgan fingerprint density at radius 2 is 1.58 bits per heavy atom. The molecule has 0 atom stereocenters. The predicted molar refractivity (Wildman–Crippen MR) is 131 cm³/mol. The number of rotatable bonds is 6. The Labute approximate surface area is 189 Å². The summed E-state index contributed by atoms with van der Waals surface area (Å²) < 4.78 is 11.2. The fourth-order valence-electron chi connectivity index (χ4n) is 2.91. The van der Waals surface area contributed by atoms with Crippen LogP contribution in [0, 0.1) is 11.8 Å².